The average Bonchev–Trinajstić information content (AvgIpc) is 3.84. The van der Waals surface area contributed by atoms with E-state index in [0.717, 1.165) is 117 Å². The monoisotopic (exact) mass is 863 g/mol. The topological polar surface area (TPSA) is 178 Å². The molecule has 0 spiro atoms. The van der Waals surface area contributed by atoms with Crippen molar-refractivity contribution in [2.45, 2.75) is 75.9 Å². The quantitative estimate of drug-likeness (QED) is 0.137. The molecule has 16 heteroatoms. The molecule has 1 saturated carbocycles. The first-order chi connectivity index (χ1) is 31.3. The van der Waals surface area contributed by atoms with Crippen LogP contribution in [0.1, 0.15) is 83.7 Å². The number of amides is 5. The number of piperidine rings is 2. The number of carbonyl (C=O) groups excluding carboxylic acids is 5. The van der Waals surface area contributed by atoms with Crippen molar-refractivity contribution in [3.63, 3.8) is 0 Å². The van der Waals surface area contributed by atoms with Gasteiger partial charge in [-0.3, -0.25) is 39.1 Å². The average molecular weight is 864 g/mol. The SMILES string of the molecule is O=C1CC[C@H](N2C(=O)c3cccc(N4CCC(CCCN5CCN(c6ccc(Nc7ncnc8c7ncn8C7CC(NC(=O)Cc8ccccc8)C7)cc6)CC5)CC4)c3C2=O)C(=O)N1. The molecule has 3 aromatic carbocycles. The maximum Gasteiger partial charge on any atom is 0.264 e. The minimum Gasteiger partial charge on any atom is -0.371 e. The van der Waals surface area contributed by atoms with Gasteiger partial charge in [-0.2, -0.15) is 0 Å². The van der Waals surface area contributed by atoms with Crippen LogP contribution < -0.4 is 25.8 Å². The Labute approximate surface area is 371 Å². The molecule has 6 heterocycles. The zero-order valence-electron chi connectivity index (χ0n) is 35.8. The van der Waals surface area contributed by atoms with E-state index >= 15 is 0 Å². The van der Waals surface area contributed by atoms with Crippen molar-refractivity contribution in [3.8, 4) is 0 Å². The summed E-state index contributed by atoms with van der Waals surface area (Å²) in [6, 6.07) is 23.1. The second kappa shape index (κ2) is 17.8. The Morgan fingerprint density at radius 2 is 1.56 bits per heavy atom. The Hall–Kier alpha value is -6.68. The molecule has 2 aromatic heterocycles. The fraction of sp³-hybridized carbons (Fsp3) is 0.417. The maximum atomic E-state index is 13.6. The first-order valence-electron chi connectivity index (χ1n) is 22.7. The van der Waals surface area contributed by atoms with E-state index in [-0.39, 0.29) is 36.7 Å². The van der Waals surface area contributed by atoms with Crippen molar-refractivity contribution in [3.05, 3.63) is 102 Å². The largest absolute Gasteiger partial charge is 0.371 e. The number of nitrogens with zero attached hydrogens (tertiary/aromatic N) is 8. The van der Waals surface area contributed by atoms with E-state index in [1.807, 2.05) is 48.8 Å². The van der Waals surface area contributed by atoms with Crippen molar-refractivity contribution in [1.82, 2.24) is 40.0 Å². The summed E-state index contributed by atoms with van der Waals surface area (Å²) in [6.45, 7) is 6.66. The zero-order chi connectivity index (χ0) is 43.7. The lowest BCUT2D eigenvalue weighted by Gasteiger charge is -2.37. The summed E-state index contributed by atoms with van der Waals surface area (Å²) in [4.78, 5) is 85.9. The van der Waals surface area contributed by atoms with Crippen LogP contribution in [0.2, 0.25) is 0 Å². The van der Waals surface area contributed by atoms with Gasteiger partial charge in [0, 0.05) is 69.1 Å². The van der Waals surface area contributed by atoms with Crippen molar-refractivity contribution < 1.29 is 24.0 Å². The smallest absolute Gasteiger partial charge is 0.264 e. The molecular weight excluding hydrogens is 811 g/mol. The van der Waals surface area contributed by atoms with Crippen molar-refractivity contribution in [2.24, 2.45) is 5.92 Å². The number of imide groups is 2. The third-order valence-electron chi connectivity index (χ3n) is 13.8. The third kappa shape index (κ3) is 8.41. The van der Waals surface area contributed by atoms with Crippen molar-refractivity contribution >= 4 is 63.6 Å². The zero-order valence-corrected chi connectivity index (χ0v) is 35.8. The summed E-state index contributed by atoms with van der Waals surface area (Å²) in [5.74, 6) is -0.573. The number of hydrogen-bond donors (Lipinski definition) is 3. The molecule has 3 saturated heterocycles. The fourth-order valence-electron chi connectivity index (χ4n) is 10.2. The number of rotatable bonds is 13. The highest BCUT2D eigenvalue weighted by Crippen LogP contribution is 2.38. The lowest BCUT2D eigenvalue weighted by Crippen LogP contribution is -2.54. The summed E-state index contributed by atoms with van der Waals surface area (Å²) in [6.07, 6.45) is 10.0. The summed E-state index contributed by atoms with van der Waals surface area (Å²) in [5.41, 5.74) is 6.10. The van der Waals surface area contributed by atoms with Gasteiger partial charge in [0.2, 0.25) is 17.7 Å². The Bertz CT molecular complexity index is 2560. The molecule has 16 nitrogen and oxygen atoms in total. The van der Waals surface area contributed by atoms with Gasteiger partial charge >= 0.3 is 0 Å². The van der Waals surface area contributed by atoms with Crippen LogP contribution in [0.3, 0.4) is 0 Å². The van der Waals surface area contributed by atoms with Gasteiger partial charge in [-0.1, -0.05) is 36.4 Å². The standard InChI is InChI=1S/C48H53N11O5/c60-40-16-15-39(46(62)54-40)59-47(63)37-9-4-10-38(42(37)48(59)64)57-20-17-31(18-21-57)8-5-19-55-22-24-56(25-23-55)35-13-11-33(12-14-35)53-44-43-45(50-29-49-44)58(30-51-43)36-27-34(28-36)52-41(61)26-32-6-2-1-3-7-32/h1-4,6-7,9-14,29-31,34,36,39H,5,8,15-28H2,(H,52,61)(H,49,50,53)(H,54,60,62)/t34?,36?,39-/m0/s1. The molecule has 5 aromatic rings. The lowest BCUT2D eigenvalue weighted by molar-refractivity contribution is -0.136. The molecule has 4 aliphatic heterocycles. The molecule has 0 bridgehead atoms. The van der Waals surface area contributed by atoms with Gasteiger partial charge in [0.05, 0.1) is 29.6 Å². The molecule has 1 atom stereocenters. The van der Waals surface area contributed by atoms with Gasteiger partial charge in [0.15, 0.2) is 17.0 Å². The van der Waals surface area contributed by atoms with Gasteiger partial charge in [0.1, 0.15) is 12.4 Å². The van der Waals surface area contributed by atoms with Crippen LogP contribution in [0.4, 0.5) is 22.9 Å². The Morgan fingerprint density at radius 1 is 0.781 bits per heavy atom. The van der Waals surface area contributed by atoms with Gasteiger partial charge < -0.3 is 25.0 Å². The molecule has 330 valence electrons. The molecule has 64 heavy (non-hydrogen) atoms. The van der Waals surface area contributed by atoms with Crippen LogP contribution >= 0.6 is 0 Å². The summed E-state index contributed by atoms with van der Waals surface area (Å²) in [5, 5.41) is 8.90. The van der Waals surface area contributed by atoms with Crippen LogP contribution in [-0.2, 0) is 20.8 Å². The van der Waals surface area contributed by atoms with E-state index in [2.05, 4.69) is 74.4 Å². The van der Waals surface area contributed by atoms with Gasteiger partial charge in [-0.25, -0.2) is 15.0 Å². The molecular formula is C48H53N11O5. The van der Waals surface area contributed by atoms with E-state index in [0.29, 0.717) is 29.3 Å². The van der Waals surface area contributed by atoms with Crippen molar-refractivity contribution in [2.75, 3.05) is 60.9 Å². The van der Waals surface area contributed by atoms with Crippen LogP contribution in [0.25, 0.3) is 11.2 Å². The summed E-state index contributed by atoms with van der Waals surface area (Å²) >= 11 is 0. The molecule has 5 aliphatic rings. The summed E-state index contributed by atoms with van der Waals surface area (Å²) in [7, 11) is 0. The summed E-state index contributed by atoms with van der Waals surface area (Å²) < 4.78 is 2.10. The Morgan fingerprint density at radius 3 is 2.33 bits per heavy atom. The maximum absolute atomic E-state index is 13.6. The van der Waals surface area contributed by atoms with E-state index in [4.69, 9.17) is 0 Å². The first-order valence-corrected chi connectivity index (χ1v) is 22.7. The highest BCUT2D eigenvalue weighted by atomic mass is 16.2. The van der Waals surface area contributed by atoms with Gasteiger partial charge in [-0.05, 0) is 99.4 Å². The van der Waals surface area contributed by atoms with Crippen LogP contribution in [0.15, 0.2) is 85.5 Å². The molecule has 0 radical (unpaired) electrons. The highest BCUT2D eigenvalue weighted by Gasteiger charge is 2.46. The Balaban J connectivity index is 0.653. The molecule has 4 fully saturated rings. The normalized spacial score (nSPS) is 21.8. The van der Waals surface area contributed by atoms with Gasteiger partial charge in [0.25, 0.3) is 11.8 Å². The van der Waals surface area contributed by atoms with E-state index in [9.17, 15) is 24.0 Å². The minimum atomic E-state index is -0.967. The van der Waals surface area contributed by atoms with E-state index in [1.165, 1.54) is 5.69 Å². The predicted molar refractivity (Wildman–Crippen MR) is 241 cm³/mol. The fourth-order valence-corrected chi connectivity index (χ4v) is 10.2. The molecule has 3 N–H and O–H groups in total. The second-order valence-corrected chi connectivity index (χ2v) is 17.8. The highest BCUT2D eigenvalue weighted by molar-refractivity contribution is 6.25. The van der Waals surface area contributed by atoms with E-state index in [1.54, 1.807) is 12.4 Å². The number of imidazole rings is 1. The minimum absolute atomic E-state index is 0.0469. The molecule has 0 unspecified atom stereocenters. The molecule has 1 aliphatic carbocycles. The number of carbonyl (C=O) groups is 5. The van der Waals surface area contributed by atoms with Crippen LogP contribution in [0.5, 0.6) is 0 Å². The number of fused-ring (bicyclic) bond motifs is 2. The van der Waals surface area contributed by atoms with Crippen molar-refractivity contribution in [1.29, 1.82) is 0 Å². The van der Waals surface area contributed by atoms with Crippen LogP contribution in [0, 0.1) is 5.92 Å². The number of piperazine rings is 1. The number of nitrogens with one attached hydrogen (secondary N) is 3. The number of benzene rings is 3. The number of aromatic nitrogens is 4. The number of anilines is 4. The van der Waals surface area contributed by atoms with E-state index < -0.39 is 23.8 Å². The van der Waals surface area contributed by atoms with Crippen LogP contribution in [-0.4, -0.2) is 117 Å². The predicted octanol–water partition coefficient (Wildman–Crippen LogP) is 4.85. The number of hydrogen-bond acceptors (Lipinski definition) is 12. The lowest BCUT2D eigenvalue weighted by atomic mass is 9.86. The first kappa shape index (κ1) is 41.3. The molecule has 10 rings (SSSR count). The van der Waals surface area contributed by atoms with Gasteiger partial charge in [-0.15, -0.1) is 0 Å². The molecule has 5 amide bonds. The second-order valence-electron chi connectivity index (χ2n) is 17.8. The third-order valence-corrected chi connectivity index (χ3v) is 13.8. The Kier molecular flexibility index (Phi) is 11.5.